The smallest absolute Gasteiger partial charge is 0.223 e. The highest BCUT2D eigenvalue weighted by atomic mass is 16.2. The standard InChI is InChI=1S/C15H18N4O/c16-12-9-19-13-4-2-1-3-11(13)14(12)17-7-8-18-15(20)10-5-6-10/h1-4,9-10H,5-8,16H2,(H,17,19)(H,18,20). The fraction of sp³-hybridized carbons (Fsp3) is 0.333. The number of carbonyl (C=O) groups excluding carboxylic acids is 1. The molecule has 1 saturated carbocycles. The van der Waals surface area contributed by atoms with E-state index in [0.717, 1.165) is 29.4 Å². The van der Waals surface area contributed by atoms with Gasteiger partial charge in [0.1, 0.15) is 0 Å². The predicted molar refractivity (Wildman–Crippen MR) is 80.4 cm³/mol. The normalized spacial score (nSPS) is 14.2. The molecular weight excluding hydrogens is 252 g/mol. The van der Waals surface area contributed by atoms with E-state index in [0.29, 0.717) is 18.8 Å². The number of rotatable bonds is 5. The molecule has 5 nitrogen and oxygen atoms in total. The van der Waals surface area contributed by atoms with Gasteiger partial charge in [0, 0.05) is 24.4 Å². The first-order valence-electron chi connectivity index (χ1n) is 6.90. The van der Waals surface area contributed by atoms with Crippen molar-refractivity contribution in [2.24, 2.45) is 5.92 Å². The number of fused-ring (bicyclic) bond motifs is 1. The van der Waals surface area contributed by atoms with Gasteiger partial charge in [0.2, 0.25) is 5.91 Å². The van der Waals surface area contributed by atoms with Crippen LogP contribution in [0.2, 0.25) is 0 Å². The molecule has 3 rings (SSSR count). The number of nitrogen functional groups attached to an aromatic ring is 1. The Bertz CT molecular complexity index is 637. The number of hydrogen-bond acceptors (Lipinski definition) is 4. The zero-order chi connectivity index (χ0) is 13.9. The number of benzene rings is 1. The highest BCUT2D eigenvalue weighted by Gasteiger charge is 2.28. The van der Waals surface area contributed by atoms with Gasteiger partial charge in [-0.15, -0.1) is 0 Å². The Hall–Kier alpha value is -2.30. The fourth-order valence-corrected chi connectivity index (χ4v) is 2.22. The molecule has 1 aromatic carbocycles. The lowest BCUT2D eigenvalue weighted by molar-refractivity contribution is -0.122. The molecule has 20 heavy (non-hydrogen) atoms. The Labute approximate surface area is 117 Å². The van der Waals surface area contributed by atoms with E-state index in [9.17, 15) is 4.79 Å². The van der Waals surface area contributed by atoms with Gasteiger partial charge >= 0.3 is 0 Å². The van der Waals surface area contributed by atoms with Crippen LogP contribution in [0.15, 0.2) is 30.5 Å². The summed E-state index contributed by atoms with van der Waals surface area (Å²) in [7, 11) is 0. The Morgan fingerprint density at radius 1 is 1.30 bits per heavy atom. The number of hydrogen-bond donors (Lipinski definition) is 3. The van der Waals surface area contributed by atoms with Gasteiger partial charge in [-0.3, -0.25) is 9.78 Å². The quantitative estimate of drug-likeness (QED) is 0.723. The maximum atomic E-state index is 11.5. The minimum atomic E-state index is 0.166. The molecular formula is C15H18N4O. The number of pyridine rings is 1. The van der Waals surface area contributed by atoms with Crippen molar-refractivity contribution < 1.29 is 4.79 Å². The molecule has 104 valence electrons. The minimum Gasteiger partial charge on any atom is -0.396 e. The first-order chi connectivity index (χ1) is 9.75. The van der Waals surface area contributed by atoms with Crippen LogP contribution in [0.3, 0.4) is 0 Å². The molecule has 0 saturated heterocycles. The van der Waals surface area contributed by atoms with Crippen molar-refractivity contribution >= 4 is 28.2 Å². The van der Waals surface area contributed by atoms with Crippen LogP contribution in [0, 0.1) is 5.92 Å². The summed E-state index contributed by atoms with van der Waals surface area (Å²) in [5.74, 6) is 0.418. The molecule has 0 aliphatic heterocycles. The predicted octanol–water partition coefficient (Wildman–Crippen LogP) is 1.76. The monoisotopic (exact) mass is 270 g/mol. The van der Waals surface area contributed by atoms with Crippen molar-refractivity contribution in [3.63, 3.8) is 0 Å². The van der Waals surface area contributed by atoms with E-state index < -0.39 is 0 Å². The van der Waals surface area contributed by atoms with Crippen LogP contribution in [0.5, 0.6) is 0 Å². The molecule has 1 amide bonds. The Morgan fingerprint density at radius 3 is 2.90 bits per heavy atom. The summed E-state index contributed by atoms with van der Waals surface area (Å²) in [5, 5.41) is 7.22. The van der Waals surface area contributed by atoms with E-state index in [1.165, 1.54) is 0 Å². The number of carbonyl (C=O) groups is 1. The van der Waals surface area contributed by atoms with Crippen molar-refractivity contribution in [3.05, 3.63) is 30.5 Å². The molecule has 1 fully saturated rings. The Balaban J connectivity index is 1.64. The van der Waals surface area contributed by atoms with E-state index in [1.54, 1.807) is 6.20 Å². The van der Waals surface area contributed by atoms with Gasteiger partial charge in [0.25, 0.3) is 0 Å². The van der Waals surface area contributed by atoms with E-state index in [1.807, 2.05) is 24.3 Å². The number of amides is 1. The molecule has 1 aromatic heterocycles. The van der Waals surface area contributed by atoms with Gasteiger partial charge in [-0.25, -0.2) is 0 Å². The van der Waals surface area contributed by atoms with Crippen molar-refractivity contribution in [3.8, 4) is 0 Å². The summed E-state index contributed by atoms with van der Waals surface area (Å²) in [4.78, 5) is 15.8. The number of nitrogens with two attached hydrogens (primary N) is 1. The first-order valence-corrected chi connectivity index (χ1v) is 6.90. The molecule has 0 radical (unpaired) electrons. The second kappa shape index (κ2) is 5.36. The maximum absolute atomic E-state index is 11.5. The highest BCUT2D eigenvalue weighted by molar-refractivity contribution is 5.96. The zero-order valence-electron chi connectivity index (χ0n) is 11.2. The van der Waals surface area contributed by atoms with Gasteiger partial charge in [-0.2, -0.15) is 0 Å². The van der Waals surface area contributed by atoms with Crippen LogP contribution >= 0.6 is 0 Å². The number of anilines is 2. The van der Waals surface area contributed by atoms with Crippen LogP contribution in [-0.2, 0) is 4.79 Å². The van der Waals surface area contributed by atoms with E-state index >= 15 is 0 Å². The summed E-state index contributed by atoms with van der Waals surface area (Å²) in [6.45, 7) is 1.25. The molecule has 0 atom stereocenters. The van der Waals surface area contributed by atoms with Crippen molar-refractivity contribution in [2.75, 3.05) is 24.1 Å². The molecule has 0 spiro atoms. The topological polar surface area (TPSA) is 80.0 Å². The Morgan fingerprint density at radius 2 is 2.10 bits per heavy atom. The van der Waals surface area contributed by atoms with Crippen LogP contribution in [0.4, 0.5) is 11.4 Å². The van der Waals surface area contributed by atoms with Crippen LogP contribution in [0.1, 0.15) is 12.8 Å². The van der Waals surface area contributed by atoms with Crippen molar-refractivity contribution in [1.82, 2.24) is 10.3 Å². The third-order valence-electron chi connectivity index (χ3n) is 3.48. The largest absolute Gasteiger partial charge is 0.396 e. The molecule has 5 heteroatoms. The summed E-state index contributed by atoms with van der Waals surface area (Å²) >= 11 is 0. The third-order valence-corrected chi connectivity index (χ3v) is 3.48. The SMILES string of the molecule is Nc1cnc2ccccc2c1NCCNC(=O)C1CC1. The third kappa shape index (κ3) is 2.66. The van der Waals surface area contributed by atoms with Gasteiger partial charge in [-0.1, -0.05) is 18.2 Å². The van der Waals surface area contributed by atoms with Gasteiger partial charge in [0.15, 0.2) is 0 Å². The highest BCUT2D eigenvalue weighted by Crippen LogP contribution is 2.29. The molecule has 1 aliphatic rings. The second-order valence-corrected chi connectivity index (χ2v) is 5.10. The van der Waals surface area contributed by atoms with E-state index in [4.69, 9.17) is 5.73 Å². The summed E-state index contributed by atoms with van der Waals surface area (Å²) in [6, 6.07) is 7.85. The number of aromatic nitrogens is 1. The number of nitrogens with one attached hydrogen (secondary N) is 2. The minimum absolute atomic E-state index is 0.166. The average Bonchev–Trinajstić information content (AvgIpc) is 3.30. The average molecular weight is 270 g/mol. The lowest BCUT2D eigenvalue weighted by Crippen LogP contribution is -2.29. The lowest BCUT2D eigenvalue weighted by Gasteiger charge is -2.12. The van der Waals surface area contributed by atoms with Gasteiger partial charge < -0.3 is 16.4 Å². The van der Waals surface area contributed by atoms with Crippen molar-refractivity contribution in [2.45, 2.75) is 12.8 Å². The summed E-state index contributed by atoms with van der Waals surface area (Å²) < 4.78 is 0. The van der Waals surface area contributed by atoms with E-state index in [-0.39, 0.29) is 11.8 Å². The molecule has 0 bridgehead atoms. The Kier molecular flexibility index (Phi) is 3.41. The zero-order valence-corrected chi connectivity index (χ0v) is 11.2. The summed E-state index contributed by atoms with van der Waals surface area (Å²) in [5.41, 5.74) is 8.39. The van der Waals surface area contributed by atoms with Gasteiger partial charge in [0.05, 0.1) is 23.1 Å². The first kappa shape index (κ1) is 12.7. The van der Waals surface area contributed by atoms with Crippen molar-refractivity contribution in [1.29, 1.82) is 0 Å². The fourth-order valence-electron chi connectivity index (χ4n) is 2.22. The lowest BCUT2D eigenvalue weighted by atomic mass is 10.1. The van der Waals surface area contributed by atoms with Crippen LogP contribution < -0.4 is 16.4 Å². The maximum Gasteiger partial charge on any atom is 0.223 e. The molecule has 1 aliphatic carbocycles. The molecule has 2 aromatic rings. The van der Waals surface area contributed by atoms with Gasteiger partial charge in [-0.05, 0) is 18.9 Å². The second-order valence-electron chi connectivity index (χ2n) is 5.10. The van der Waals surface area contributed by atoms with Crippen LogP contribution in [0.25, 0.3) is 10.9 Å². The molecule has 1 heterocycles. The van der Waals surface area contributed by atoms with Crippen LogP contribution in [-0.4, -0.2) is 24.0 Å². The summed E-state index contributed by atoms with van der Waals surface area (Å²) in [6.07, 6.45) is 3.72. The molecule has 0 unspecified atom stereocenters. The van der Waals surface area contributed by atoms with E-state index in [2.05, 4.69) is 15.6 Å². The number of nitrogens with zero attached hydrogens (tertiary/aromatic N) is 1. The number of para-hydroxylation sites is 1. The molecule has 4 N–H and O–H groups in total.